The van der Waals surface area contributed by atoms with Crippen molar-refractivity contribution in [2.45, 2.75) is 64.0 Å². The summed E-state index contributed by atoms with van der Waals surface area (Å²) in [7, 11) is 3.96. The molecule has 10 nitrogen and oxygen atoms in total. The van der Waals surface area contributed by atoms with Gasteiger partial charge in [0.1, 0.15) is 0 Å². The fourth-order valence-corrected chi connectivity index (χ4v) is 5.17. The molecule has 0 radical (unpaired) electrons. The molecule has 1 aliphatic heterocycles. The van der Waals surface area contributed by atoms with Crippen LogP contribution in [0.4, 0.5) is 16.0 Å². The summed E-state index contributed by atoms with van der Waals surface area (Å²) in [6.07, 6.45) is 5.80. The number of hydroxylamine groups is 2. The molecule has 190 valence electrons. The highest BCUT2D eigenvalue weighted by Gasteiger charge is 2.41. The molecule has 0 spiro atoms. The molecule has 2 fully saturated rings. The van der Waals surface area contributed by atoms with E-state index in [1.54, 1.807) is 0 Å². The molecule has 12 heteroatoms. The maximum absolute atomic E-state index is 15.5. The second kappa shape index (κ2) is 11.0. The summed E-state index contributed by atoms with van der Waals surface area (Å²) in [5.41, 5.74) is 4.66. The van der Waals surface area contributed by atoms with Gasteiger partial charge in [0.15, 0.2) is 11.6 Å². The van der Waals surface area contributed by atoms with Gasteiger partial charge < -0.3 is 9.80 Å². The van der Waals surface area contributed by atoms with Crippen molar-refractivity contribution in [3.05, 3.63) is 11.1 Å². The quantitative estimate of drug-likeness (QED) is 0.195. The van der Waals surface area contributed by atoms with Crippen LogP contribution in [-0.2, 0) is 9.59 Å². The number of carbonyl (C=O) groups excluding carboxylic acids is 2. The number of hydrogen-bond donors (Lipinski definition) is 3. The summed E-state index contributed by atoms with van der Waals surface area (Å²) in [6.45, 7) is 4.45. The van der Waals surface area contributed by atoms with E-state index in [1.807, 2.05) is 32.8 Å². The normalized spacial score (nSPS) is 21.1. The van der Waals surface area contributed by atoms with Crippen LogP contribution < -0.4 is 15.8 Å². The Kier molecular flexibility index (Phi) is 8.53. The van der Waals surface area contributed by atoms with Crippen molar-refractivity contribution in [2.24, 2.45) is 11.8 Å². The van der Waals surface area contributed by atoms with Crippen LogP contribution in [0, 0.1) is 17.7 Å². The largest absolute Gasteiger partial charge is 0.347 e. The lowest BCUT2D eigenvalue weighted by Crippen LogP contribution is -2.42. The average Bonchev–Trinajstić information content (AvgIpc) is 3.40. The number of rotatable bonds is 10. The maximum Gasteiger partial charge on any atom is 0.243 e. The van der Waals surface area contributed by atoms with Crippen LogP contribution in [-0.4, -0.2) is 76.2 Å². The fourth-order valence-electron chi connectivity index (χ4n) is 5.00. The lowest BCUT2D eigenvalue weighted by atomic mass is 9.92. The number of aromatic nitrogens is 2. The molecule has 1 saturated carbocycles. The first-order valence-corrected chi connectivity index (χ1v) is 12.0. The number of hydrazine groups is 1. The first-order chi connectivity index (χ1) is 16.0. The van der Waals surface area contributed by atoms with E-state index in [2.05, 4.69) is 25.7 Å². The standard InChI is InChI=1S/C22H35ClFN7O3/c1-22(2)10-16(29(3)4)12-31(22)19-17(24)18(25-21(23)26-19)27-28-20(33)15(11-30(34)13-32)9-14-7-5-6-8-14/h13-16,34H,5-12H2,1-4H3,(H,28,33)(H,25,26,27)/t15-,16?/m1/s1. The predicted octanol–water partition coefficient (Wildman–Crippen LogP) is 2.68. The van der Waals surface area contributed by atoms with Gasteiger partial charge in [-0.05, 0) is 58.3 Å². The van der Waals surface area contributed by atoms with E-state index in [-0.39, 0.29) is 41.5 Å². The molecule has 2 atom stereocenters. The SMILES string of the molecule is CN(C)C1CN(c2nc(Cl)nc(NNC(=O)[C@H](CC3CCCC3)CN(O)C=O)c2F)C(C)(C)C1. The Balaban J connectivity index is 1.75. The molecule has 3 rings (SSSR count). The van der Waals surface area contributed by atoms with E-state index >= 15 is 4.39 Å². The van der Waals surface area contributed by atoms with Gasteiger partial charge in [-0.25, -0.2) is 5.06 Å². The molecule has 0 bridgehead atoms. The third kappa shape index (κ3) is 6.25. The number of halogens is 2. The van der Waals surface area contributed by atoms with Crippen LogP contribution in [0.1, 0.15) is 52.4 Å². The van der Waals surface area contributed by atoms with Gasteiger partial charge in [0.05, 0.1) is 12.5 Å². The van der Waals surface area contributed by atoms with Crippen LogP contribution in [0.3, 0.4) is 0 Å². The first kappa shape index (κ1) is 26.4. The van der Waals surface area contributed by atoms with Gasteiger partial charge in [-0.15, -0.1) is 0 Å². The Labute approximate surface area is 204 Å². The second-order valence-corrected chi connectivity index (χ2v) is 10.5. The topological polar surface area (TPSA) is 114 Å². The van der Waals surface area contributed by atoms with Gasteiger partial charge in [-0.1, -0.05) is 25.7 Å². The number of nitrogens with zero attached hydrogens (tertiary/aromatic N) is 5. The maximum atomic E-state index is 15.5. The van der Waals surface area contributed by atoms with E-state index in [0.717, 1.165) is 32.1 Å². The van der Waals surface area contributed by atoms with Crippen molar-refractivity contribution >= 4 is 35.6 Å². The molecule has 2 amide bonds. The average molecular weight is 500 g/mol. The highest BCUT2D eigenvalue weighted by atomic mass is 35.5. The molecular weight excluding hydrogens is 465 g/mol. The Bertz CT molecular complexity index is 882. The molecule has 34 heavy (non-hydrogen) atoms. The smallest absolute Gasteiger partial charge is 0.243 e. The molecule has 1 unspecified atom stereocenters. The third-order valence-corrected chi connectivity index (χ3v) is 7.12. The summed E-state index contributed by atoms with van der Waals surface area (Å²) in [5.74, 6) is -1.70. The van der Waals surface area contributed by atoms with Gasteiger partial charge in [-0.3, -0.25) is 25.6 Å². The fraction of sp³-hybridized carbons (Fsp3) is 0.727. The van der Waals surface area contributed by atoms with E-state index in [1.165, 1.54) is 0 Å². The zero-order valence-electron chi connectivity index (χ0n) is 20.2. The lowest BCUT2D eigenvalue weighted by Gasteiger charge is -2.32. The van der Waals surface area contributed by atoms with E-state index < -0.39 is 17.6 Å². The van der Waals surface area contributed by atoms with Gasteiger partial charge in [0, 0.05) is 18.1 Å². The molecule has 3 N–H and O–H groups in total. The van der Waals surface area contributed by atoms with Crippen LogP contribution in [0.25, 0.3) is 0 Å². The van der Waals surface area contributed by atoms with E-state index in [0.29, 0.717) is 23.9 Å². The summed E-state index contributed by atoms with van der Waals surface area (Å²) >= 11 is 6.11. The molecule has 1 aliphatic carbocycles. The minimum atomic E-state index is -0.721. The number of carbonyl (C=O) groups is 2. The Morgan fingerprint density at radius 2 is 2.03 bits per heavy atom. The summed E-state index contributed by atoms with van der Waals surface area (Å²) in [6, 6.07) is 0.217. The Hall–Kier alpha value is -2.24. The molecule has 2 aliphatic rings. The number of hydrogen-bond acceptors (Lipinski definition) is 8. The molecule has 1 saturated heterocycles. The van der Waals surface area contributed by atoms with Gasteiger partial charge >= 0.3 is 0 Å². The van der Waals surface area contributed by atoms with Gasteiger partial charge in [-0.2, -0.15) is 14.4 Å². The van der Waals surface area contributed by atoms with Crippen molar-refractivity contribution in [1.29, 1.82) is 0 Å². The number of likely N-dealkylation sites (N-methyl/N-ethyl adjacent to an activating group) is 1. The van der Waals surface area contributed by atoms with Gasteiger partial charge in [0.25, 0.3) is 0 Å². The van der Waals surface area contributed by atoms with Crippen molar-refractivity contribution in [1.82, 2.24) is 25.4 Å². The number of anilines is 2. The van der Waals surface area contributed by atoms with Crippen LogP contribution >= 0.6 is 11.6 Å². The van der Waals surface area contributed by atoms with Crippen molar-refractivity contribution in [3.63, 3.8) is 0 Å². The van der Waals surface area contributed by atoms with Crippen molar-refractivity contribution in [3.8, 4) is 0 Å². The highest BCUT2D eigenvalue weighted by molar-refractivity contribution is 6.28. The molecular formula is C22H35ClFN7O3. The van der Waals surface area contributed by atoms with E-state index in [9.17, 15) is 14.8 Å². The zero-order valence-corrected chi connectivity index (χ0v) is 21.0. The van der Waals surface area contributed by atoms with Crippen molar-refractivity contribution in [2.75, 3.05) is 37.5 Å². The van der Waals surface area contributed by atoms with E-state index in [4.69, 9.17) is 11.6 Å². The summed E-state index contributed by atoms with van der Waals surface area (Å²) in [5, 5.41) is 9.95. The lowest BCUT2D eigenvalue weighted by molar-refractivity contribution is -0.154. The van der Waals surface area contributed by atoms with Crippen LogP contribution in [0.15, 0.2) is 0 Å². The van der Waals surface area contributed by atoms with Crippen molar-refractivity contribution < 1.29 is 19.2 Å². The predicted molar refractivity (Wildman–Crippen MR) is 127 cm³/mol. The summed E-state index contributed by atoms with van der Waals surface area (Å²) in [4.78, 5) is 35.8. The molecule has 0 aromatic carbocycles. The second-order valence-electron chi connectivity index (χ2n) is 10.1. The minimum absolute atomic E-state index is 0.0658. The minimum Gasteiger partial charge on any atom is -0.347 e. The number of nitrogens with one attached hydrogen (secondary N) is 2. The van der Waals surface area contributed by atoms with Crippen LogP contribution in [0.2, 0.25) is 5.28 Å². The summed E-state index contributed by atoms with van der Waals surface area (Å²) < 4.78 is 15.5. The molecule has 2 heterocycles. The van der Waals surface area contributed by atoms with Gasteiger partial charge in [0.2, 0.25) is 23.4 Å². The Morgan fingerprint density at radius 1 is 1.35 bits per heavy atom. The molecule has 1 aromatic heterocycles. The number of amides is 2. The highest BCUT2D eigenvalue weighted by Crippen LogP contribution is 2.37. The zero-order chi connectivity index (χ0) is 25.0. The molecule has 1 aromatic rings. The monoisotopic (exact) mass is 499 g/mol. The third-order valence-electron chi connectivity index (χ3n) is 6.95. The van der Waals surface area contributed by atoms with Crippen LogP contribution in [0.5, 0.6) is 0 Å². The Morgan fingerprint density at radius 3 is 2.62 bits per heavy atom. The first-order valence-electron chi connectivity index (χ1n) is 11.7.